The molecular weight excluding hydrogens is 460 g/mol. The molecule has 6 nitrogen and oxygen atoms in total. The highest BCUT2D eigenvalue weighted by atomic mass is 79.9. The summed E-state index contributed by atoms with van der Waals surface area (Å²) in [4.78, 5) is 36.5. The lowest BCUT2D eigenvalue weighted by Crippen LogP contribution is -2.22. The summed E-state index contributed by atoms with van der Waals surface area (Å²) in [5, 5.41) is 1.36. The van der Waals surface area contributed by atoms with E-state index in [1.54, 1.807) is 28.2 Å². The standard InChI is InChI=1S/C19H17BrN4O2S2/c1-4-23-18(26)16-10(2)11(3)28-17(16)22-19(23)27-9-13-7-15(25)24-8-12(20)5-6-14(24)21-13/h5-8H,4,9H2,1-3H3. The van der Waals surface area contributed by atoms with Crippen molar-refractivity contribution in [2.24, 2.45) is 0 Å². The summed E-state index contributed by atoms with van der Waals surface area (Å²) in [6.07, 6.45) is 1.70. The SMILES string of the molecule is CCn1c(SCc2cc(=O)n3cc(Br)ccc3n2)nc2sc(C)c(C)c2c1=O. The van der Waals surface area contributed by atoms with E-state index in [1.807, 2.05) is 26.8 Å². The molecule has 0 N–H and O–H groups in total. The number of aromatic nitrogens is 4. The van der Waals surface area contributed by atoms with Crippen LogP contribution in [0.2, 0.25) is 0 Å². The normalized spacial score (nSPS) is 11.6. The maximum atomic E-state index is 12.9. The predicted octanol–water partition coefficient (Wildman–Crippen LogP) is 4.16. The molecule has 0 bridgehead atoms. The summed E-state index contributed by atoms with van der Waals surface area (Å²) in [6, 6.07) is 5.17. The molecule has 4 heterocycles. The zero-order valence-corrected chi connectivity index (χ0v) is 18.7. The summed E-state index contributed by atoms with van der Waals surface area (Å²) in [6.45, 7) is 6.45. The highest BCUT2D eigenvalue weighted by molar-refractivity contribution is 9.10. The van der Waals surface area contributed by atoms with Gasteiger partial charge in [-0.1, -0.05) is 11.8 Å². The van der Waals surface area contributed by atoms with Crippen molar-refractivity contribution >= 4 is 54.9 Å². The summed E-state index contributed by atoms with van der Waals surface area (Å²) >= 11 is 6.33. The van der Waals surface area contributed by atoms with Crippen LogP contribution in [0.5, 0.6) is 0 Å². The fourth-order valence-electron chi connectivity index (χ4n) is 3.04. The van der Waals surface area contributed by atoms with Crippen LogP contribution in [0.3, 0.4) is 0 Å². The minimum atomic E-state index is -0.136. The first-order chi connectivity index (χ1) is 13.4. The Hall–Kier alpha value is -1.97. The van der Waals surface area contributed by atoms with Crippen molar-refractivity contribution in [1.29, 1.82) is 0 Å². The van der Waals surface area contributed by atoms with Crippen molar-refractivity contribution < 1.29 is 0 Å². The Balaban J connectivity index is 1.73. The number of thioether (sulfide) groups is 1. The molecule has 0 aliphatic heterocycles. The molecule has 0 aliphatic rings. The van der Waals surface area contributed by atoms with Gasteiger partial charge in [0.15, 0.2) is 5.16 Å². The quantitative estimate of drug-likeness (QED) is 0.326. The van der Waals surface area contributed by atoms with Crippen molar-refractivity contribution in [1.82, 2.24) is 18.9 Å². The van der Waals surface area contributed by atoms with E-state index in [2.05, 4.69) is 20.9 Å². The third-order valence-corrected chi connectivity index (χ3v) is 7.18. The lowest BCUT2D eigenvalue weighted by molar-refractivity contribution is 0.635. The van der Waals surface area contributed by atoms with Crippen molar-refractivity contribution in [3.05, 3.63) is 65.7 Å². The van der Waals surface area contributed by atoms with Crippen LogP contribution in [0.25, 0.3) is 15.9 Å². The monoisotopic (exact) mass is 476 g/mol. The van der Waals surface area contributed by atoms with E-state index in [4.69, 9.17) is 4.98 Å². The minimum Gasteiger partial charge on any atom is -0.287 e. The second-order valence-electron chi connectivity index (χ2n) is 6.36. The van der Waals surface area contributed by atoms with Gasteiger partial charge in [0.25, 0.3) is 11.1 Å². The van der Waals surface area contributed by atoms with Crippen molar-refractivity contribution in [3.63, 3.8) is 0 Å². The van der Waals surface area contributed by atoms with Gasteiger partial charge in [-0.05, 0) is 54.4 Å². The first-order valence-electron chi connectivity index (χ1n) is 8.70. The molecule has 0 atom stereocenters. The van der Waals surface area contributed by atoms with E-state index >= 15 is 0 Å². The maximum absolute atomic E-state index is 12.9. The minimum absolute atomic E-state index is 0.00626. The second-order valence-corrected chi connectivity index (χ2v) is 9.42. The Bertz CT molecular complexity index is 1340. The average Bonchev–Trinajstić information content (AvgIpc) is 2.95. The molecule has 4 rings (SSSR count). The fourth-order valence-corrected chi connectivity index (χ4v) is 5.40. The summed E-state index contributed by atoms with van der Waals surface area (Å²) < 4.78 is 4.01. The Labute approximate surface area is 177 Å². The molecule has 0 aliphatic carbocycles. The van der Waals surface area contributed by atoms with Gasteiger partial charge >= 0.3 is 0 Å². The van der Waals surface area contributed by atoms with Crippen LogP contribution in [0, 0.1) is 13.8 Å². The highest BCUT2D eigenvalue weighted by Gasteiger charge is 2.16. The zero-order valence-electron chi connectivity index (χ0n) is 15.5. The number of hydrogen-bond acceptors (Lipinski definition) is 6. The van der Waals surface area contributed by atoms with Gasteiger partial charge in [-0.25, -0.2) is 9.97 Å². The predicted molar refractivity (Wildman–Crippen MR) is 118 cm³/mol. The summed E-state index contributed by atoms with van der Waals surface area (Å²) in [5.41, 5.74) is 2.11. The molecular formula is C19H17BrN4O2S2. The van der Waals surface area contributed by atoms with E-state index in [0.29, 0.717) is 34.2 Å². The largest absolute Gasteiger partial charge is 0.287 e. The molecule has 0 unspecified atom stereocenters. The van der Waals surface area contributed by atoms with E-state index in [9.17, 15) is 9.59 Å². The first kappa shape index (κ1) is 19.4. The second kappa shape index (κ2) is 7.46. The van der Waals surface area contributed by atoms with Gasteiger partial charge in [0.2, 0.25) is 0 Å². The average molecular weight is 477 g/mol. The molecule has 9 heteroatoms. The van der Waals surface area contributed by atoms with Crippen LogP contribution in [0.1, 0.15) is 23.1 Å². The summed E-state index contributed by atoms with van der Waals surface area (Å²) in [5.74, 6) is 0.461. The molecule has 0 radical (unpaired) electrons. The fraction of sp³-hybridized carbons (Fsp3) is 0.263. The molecule has 0 fully saturated rings. The van der Waals surface area contributed by atoms with Crippen LogP contribution >= 0.6 is 39.0 Å². The van der Waals surface area contributed by atoms with Gasteiger partial charge in [0, 0.05) is 33.9 Å². The van der Waals surface area contributed by atoms with Gasteiger partial charge in [-0.15, -0.1) is 11.3 Å². The zero-order chi connectivity index (χ0) is 20.0. The van der Waals surface area contributed by atoms with Crippen LogP contribution in [-0.4, -0.2) is 18.9 Å². The number of rotatable bonds is 4. The number of aryl methyl sites for hydroxylation is 2. The van der Waals surface area contributed by atoms with E-state index in [1.165, 1.54) is 22.2 Å². The van der Waals surface area contributed by atoms with Gasteiger partial charge < -0.3 is 0 Å². The molecule has 0 saturated heterocycles. The van der Waals surface area contributed by atoms with Crippen LogP contribution in [0.4, 0.5) is 0 Å². The number of fused-ring (bicyclic) bond motifs is 2. The maximum Gasteiger partial charge on any atom is 0.263 e. The Morgan fingerprint density at radius 2 is 2.00 bits per heavy atom. The van der Waals surface area contributed by atoms with Crippen molar-refractivity contribution in [2.45, 2.75) is 38.2 Å². The molecule has 144 valence electrons. The Kier molecular flexibility index (Phi) is 5.15. The van der Waals surface area contributed by atoms with Crippen LogP contribution in [-0.2, 0) is 12.3 Å². The van der Waals surface area contributed by atoms with Crippen molar-refractivity contribution in [2.75, 3.05) is 0 Å². The molecule has 0 saturated carbocycles. The van der Waals surface area contributed by atoms with Gasteiger partial charge in [-0.2, -0.15) is 0 Å². The molecule has 0 aromatic carbocycles. The summed E-state index contributed by atoms with van der Waals surface area (Å²) in [7, 11) is 0. The third kappa shape index (κ3) is 3.31. The number of pyridine rings is 1. The highest BCUT2D eigenvalue weighted by Crippen LogP contribution is 2.29. The van der Waals surface area contributed by atoms with Crippen LogP contribution in [0.15, 0.2) is 43.6 Å². The molecule has 4 aromatic heterocycles. The van der Waals surface area contributed by atoms with E-state index in [0.717, 1.165) is 19.7 Å². The topological polar surface area (TPSA) is 69.3 Å². The smallest absolute Gasteiger partial charge is 0.263 e. The molecule has 4 aromatic rings. The number of thiophene rings is 1. The van der Waals surface area contributed by atoms with Gasteiger partial charge in [0.1, 0.15) is 10.5 Å². The lowest BCUT2D eigenvalue weighted by atomic mass is 10.2. The Morgan fingerprint density at radius 1 is 1.21 bits per heavy atom. The lowest BCUT2D eigenvalue weighted by Gasteiger charge is -2.10. The number of nitrogens with zero attached hydrogens (tertiary/aromatic N) is 4. The molecule has 0 amide bonds. The first-order valence-corrected chi connectivity index (χ1v) is 11.3. The van der Waals surface area contributed by atoms with E-state index in [-0.39, 0.29) is 11.1 Å². The molecule has 28 heavy (non-hydrogen) atoms. The molecule has 0 spiro atoms. The number of halogens is 1. The van der Waals surface area contributed by atoms with E-state index < -0.39 is 0 Å². The Morgan fingerprint density at radius 3 is 2.75 bits per heavy atom. The number of hydrogen-bond donors (Lipinski definition) is 0. The van der Waals surface area contributed by atoms with Gasteiger partial charge in [-0.3, -0.25) is 18.6 Å². The van der Waals surface area contributed by atoms with Crippen LogP contribution < -0.4 is 11.1 Å². The third-order valence-electron chi connectivity index (χ3n) is 4.60. The van der Waals surface area contributed by atoms with Gasteiger partial charge in [0.05, 0.1) is 11.1 Å². The van der Waals surface area contributed by atoms with Crippen molar-refractivity contribution in [3.8, 4) is 0 Å².